The van der Waals surface area contributed by atoms with Crippen LogP contribution >= 0.6 is 0 Å². The lowest BCUT2D eigenvalue weighted by Gasteiger charge is -2.38. The second-order valence-corrected chi connectivity index (χ2v) is 10.5. The first-order valence-corrected chi connectivity index (χ1v) is 13.3. The Hall–Kier alpha value is -5.37. The number of anilines is 1. The molecule has 1 amide bonds. The topological polar surface area (TPSA) is 110 Å². The zero-order valence-corrected chi connectivity index (χ0v) is 21.6. The van der Waals surface area contributed by atoms with E-state index in [1.165, 1.54) is 24.3 Å². The summed E-state index contributed by atoms with van der Waals surface area (Å²) in [5, 5.41) is 14.3. The van der Waals surface area contributed by atoms with Crippen molar-refractivity contribution in [3.8, 4) is 0 Å². The summed E-state index contributed by atoms with van der Waals surface area (Å²) in [5.41, 5.74) is 2.07. The molecule has 0 saturated carbocycles. The number of hydrogen-bond donors (Lipinski definition) is 1. The summed E-state index contributed by atoms with van der Waals surface area (Å²) in [6.07, 6.45) is 3.69. The van der Waals surface area contributed by atoms with E-state index in [1.807, 2.05) is 59.5 Å². The predicted molar refractivity (Wildman–Crippen MR) is 152 cm³/mol. The number of hydrogen-bond acceptors (Lipinski definition) is 6. The van der Waals surface area contributed by atoms with E-state index in [4.69, 9.17) is 0 Å². The molecule has 0 bridgehead atoms. The van der Waals surface area contributed by atoms with Gasteiger partial charge in [0.1, 0.15) is 11.5 Å². The maximum Gasteiger partial charge on any atom is 0.269 e. The maximum absolute atomic E-state index is 14.6. The van der Waals surface area contributed by atoms with Crippen molar-refractivity contribution >= 4 is 34.9 Å². The number of Topliss-reactive ketones (excluding diaryl/α,β-unsaturated/α-hetero) is 2. The van der Waals surface area contributed by atoms with Crippen molar-refractivity contribution in [2.45, 2.75) is 17.5 Å². The first-order valence-electron chi connectivity index (χ1n) is 13.3. The highest BCUT2D eigenvalue weighted by Crippen LogP contribution is 2.62. The summed E-state index contributed by atoms with van der Waals surface area (Å²) < 4.78 is 0. The van der Waals surface area contributed by atoms with Crippen LogP contribution in [-0.2, 0) is 10.2 Å². The number of rotatable bonds is 5. The van der Waals surface area contributed by atoms with Crippen LogP contribution in [0, 0.1) is 16.0 Å². The fraction of sp³-hybridized carbons (Fsp3) is 0.121. The van der Waals surface area contributed by atoms with Gasteiger partial charge in [0.25, 0.3) is 5.69 Å². The van der Waals surface area contributed by atoms with Crippen LogP contribution in [-0.4, -0.2) is 33.3 Å². The molecule has 3 aliphatic rings. The van der Waals surface area contributed by atoms with Crippen LogP contribution in [0.4, 0.5) is 11.4 Å². The predicted octanol–water partition coefficient (Wildman–Crippen LogP) is 5.58. The van der Waals surface area contributed by atoms with Crippen molar-refractivity contribution in [1.82, 2.24) is 4.90 Å². The Labute approximate surface area is 235 Å². The molecule has 4 atom stereocenters. The van der Waals surface area contributed by atoms with Crippen LogP contribution in [0.1, 0.15) is 43.4 Å². The smallest absolute Gasteiger partial charge is 0.269 e. The first kappa shape index (κ1) is 24.7. The van der Waals surface area contributed by atoms with Crippen LogP contribution in [0.15, 0.2) is 109 Å². The lowest BCUT2D eigenvalue weighted by molar-refractivity contribution is -0.384. The van der Waals surface area contributed by atoms with Gasteiger partial charge in [0.15, 0.2) is 11.6 Å². The molecule has 1 fully saturated rings. The number of nitro benzene ring substituents is 1. The second-order valence-electron chi connectivity index (χ2n) is 10.5. The van der Waals surface area contributed by atoms with Gasteiger partial charge in [-0.05, 0) is 41.0 Å². The minimum atomic E-state index is -1.43. The molecule has 8 nitrogen and oxygen atoms in total. The largest absolute Gasteiger partial charge is 0.358 e. The van der Waals surface area contributed by atoms with E-state index >= 15 is 0 Å². The van der Waals surface area contributed by atoms with Crippen LogP contribution in [0.3, 0.4) is 0 Å². The number of nitrogens with zero attached hydrogens (tertiary/aromatic N) is 2. The molecule has 0 aromatic heterocycles. The van der Waals surface area contributed by atoms with Gasteiger partial charge in [-0.15, -0.1) is 0 Å². The Balaban J connectivity index is 1.51. The number of nitro groups is 1. The van der Waals surface area contributed by atoms with E-state index in [0.717, 1.165) is 11.1 Å². The van der Waals surface area contributed by atoms with Crippen molar-refractivity contribution in [3.63, 3.8) is 0 Å². The van der Waals surface area contributed by atoms with Crippen molar-refractivity contribution in [3.05, 3.63) is 147 Å². The van der Waals surface area contributed by atoms with Crippen molar-refractivity contribution in [2.24, 2.45) is 5.92 Å². The van der Waals surface area contributed by atoms with Gasteiger partial charge in [0.2, 0.25) is 5.91 Å². The highest BCUT2D eigenvalue weighted by molar-refractivity contribution is 6.16. The van der Waals surface area contributed by atoms with Crippen molar-refractivity contribution < 1.29 is 19.3 Å². The summed E-state index contributed by atoms with van der Waals surface area (Å²) in [6.45, 7) is 0. The van der Waals surface area contributed by atoms with E-state index in [1.54, 1.807) is 36.5 Å². The minimum absolute atomic E-state index is 0.143. The Kier molecular flexibility index (Phi) is 5.47. The molecule has 3 heterocycles. The average Bonchev–Trinajstić information content (AvgIpc) is 3.49. The van der Waals surface area contributed by atoms with Crippen LogP contribution in [0.25, 0.3) is 6.08 Å². The number of fused-ring (bicyclic) bond motifs is 6. The third-order valence-corrected chi connectivity index (χ3v) is 8.54. The zero-order valence-electron chi connectivity index (χ0n) is 21.6. The molecular weight excluding hydrogens is 518 g/mol. The SMILES string of the molecule is O=C(c1ccc([N+](=O)[O-])cc1)[C@@H]1[C@@H](C(=O)c2ccccc2)[C@@]2(C(=O)Nc3ccccc32)[C@H]2c3ccccc3C=CN12. The quantitative estimate of drug-likeness (QED) is 0.201. The molecule has 3 aliphatic heterocycles. The molecule has 1 spiro atoms. The average molecular weight is 542 g/mol. The van der Waals surface area contributed by atoms with E-state index in [2.05, 4.69) is 5.32 Å². The molecule has 0 unspecified atom stereocenters. The van der Waals surface area contributed by atoms with E-state index in [0.29, 0.717) is 16.8 Å². The fourth-order valence-electron chi connectivity index (χ4n) is 6.87. The minimum Gasteiger partial charge on any atom is -0.358 e. The van der Waals surface area contributed by atoms with Gasteiger partial charge in [-0.25, -0.2) is 0 Å². The number of benzene rings is 4. The molecule has 1 N–H and O–H groups in total. The maximum atomic E-state index is 14.6. The molecule has 4 aromatic rings. The summed E-state index contributed by atoms with van der Waals surface area (Å²) in [4.78, 5) is 56.1. The standard InChI is InChI=1S/C33H23N3O5/c37-29(21-9-2-1-3-10-21)27-28(30(38)22-14-16-23(17-15-22)36(40)41)35-19-18-20-8-4-5-11-24(20)31(35)33(27)25-12-6-7-13-26(25)34-32(33)39/h1-19,27-28,31H,(H,34,39)/t27-,28-,31+,33+/m0/s1. The third-order valence-electron chi connectivity index (χ3n) is 8.54. The molecule has 7 rings (SSSR count). The van der Waals surface area contributed by atoms with E-state index in [9.17, 15) is 24.5 Å². The highest BCUT2D eigenvalue weighted by atomic mass is 16.6. The lowest BCUT2D eigenvalue weighted by atomic mass is 9.62. The summed E-state index contributed by atoms with van der Waals surface area (Å²) in [5.74, 6) is -2.15. The summed E-state index contributed by atoms with van der Waals surface area (Å²) in [6, 6.07) is 27.4. The Morgan fingerprint density at radius 1 is 0.805 bits per heavy atom. The zero-order chi connectivity index (χ0) is 28.3. The van der Waals surface area contributed by atoms with Crippen LogP contribution in [0.5, 0.6) is 0 Å². The number of carbonyl (C=O) groups excluding carboxylic acids is 3. The second kappa shape index (κ2) is 9.09. The Bertz CT molecular complexity index is 1780. The van der Waals surface area contributed by atoms with Gasteiger partial charge in [0.05, 0.1) is 16.9 Å². The molecule has 41 heavy (non-hydrogen) atoms. The molecule has 4 aromatic carbocycles. The Morgan fingerprint density at radius 2 is 1.46 bits per heavy atom. The van der Waals surface area contributed by atoms with Crippen LogP contribution < -0.4 is 5.32 Å². The van der Waals surface area contributed by atoms with E-state index < -0.39 is 34.1 Å². The van der Waals surface area contributed by atoms with Crippen molar-refractivity contribution in [2.75, 3.05) is 5.32 Å². The summed E-state index contributed by atoms with van der Waals surface area (Å²) >= 11 is 0. The number of nitrogens with one attached hydrogen (secondary N) is 1. The molecule has 1 saturated heterocycles. The normalized spacial score (nSPS) is 23.5. The first-order chi connectivity index (χ1) is 19.9. The monoisotopic (exact) mass is 541 g/mol. The highest BCUT2D eigenvalue weighted by Gasteiger charge is 2.70. The third kappa shape index (κ3) is 3.43. The van der Waals surface area contributed by atoms with Crippen molar-refractivity contribution in [1.29, 1.82) is 0 Å². The molecule has 0 radical (unpaired) electrons. The van der Waals surface area contributed by atoms with Gasteiger partial charge < -0.3 is 10.2 Å². The number of carbonyl (C=O) groups is 3. The van der Waals surface area contributed by atoms with Gasteiger partial charge in [0, 0.05) is 35.1 Å². The fourth-order valence-corrected chi connectivity index (χ4v) is 6.87. The molecule has 8 heteroatoms. The lowest BCUT2D eigenvalue weighted by Crippen LogP contribution is -2.49. The summed E-state index contributed by atoms with van der Waals surface area (Å²) in [7, 11) is 0. The number of amides is 1. The molecule has 200 valence electrons. The van der Waals surface area contributed by atoms with Gasteiger partial charge in [-0.2, -0.15) is 0 Å². The van der Waals surface area contributed by atoms with Gasteiger partial charge in [-0.1, -0.05) is 72.8 Å². The van der Waals surface area contributed by atoms with Gasteiger partial charge >= 0.3 is 0 Å². The Morgan fingerprint density at radius 3 is 2.22 bits per heavy atom. The molecule has 0 aliphatic carbocycles. The molecular formula is C33H23N3O5. The van der Waals surface area contributed by atoms with E-state index in [-0.39, 0.29) is 22.9 Å². The van der Waals surface area contributed by atoms with Gasteiger partial charge in [-0.3, -0.25) is 24.5 Å². The number of ketones is 2. The number of para-hydroxylation sites is 1. The van der Waals surface area contributed by atoms with Crippen LogP contribution in [0.2, 0.25) is 0 Å². The number of non-ortho nitro benzene ring substituents is 1.